The number of carbonyl (C=O) groups is 2. The number of nitrogens with one attached hydrogen (secondary N) is 1. The van der Waals surface area contributed by atoms with Crippen molar-refractivity contribution in [3.8, 4) is 0 Å². The van der Waals surface area contributed by atoms with Crippen molar-refractivity contribution in [1.29, 1.82) is 0 Å². The van der Waals surface area contributed by atoms with Crippen molar-refractivity contribution in [2.45, 2.75) is 39.7 Å². The Hall–Kier alpha value is -1.91. The number of rotatable bonds is 1. The van der Waals surface area contributed by atoms with Crippen LogP contribution < -0.4 is 5.32 Å². The van der Waals surface area contributed by atoms with Crippen LogP contribution in [0, 0.1) is 5.41 Å². The highest BCUT2D eigenvalue weighted by Crippen LogP contribution is 2.35. The van der Waals surface area contributed by atoms with Crippen molar-refractivity contribution >= 4 is 18.2 Å². The molecule has 1 saturated heterocycles. The summed E-state index contributed by atoms with van der Waals surface area (Å²) in [6, 6.07) is -0.383. The maximum atomic E-state index is 11.8. The van der Waals surface area contributed by atoms with Crippen LogP contribution >= 0.6 is 0 Å². The van der Waals surface area contributed by atoms with Gasteiger partial charge in [-0.15, -0.1) is 0 Å². The Morgan fingerprint density at radius 1 is 1.35 bits per heavy atom. The third kappa shape index (κ3) is 2.66. The maximum absolute atomic E-state index is 11.8. The molecule has 1 unspecified atom stereocenters. The highest BCUT2D eigenvalue weighted by Gasteiger charge is 2.35. The van der Waals surface area contributed by atoms with Gasteiger partial charge in [0.05, 0.1) is 11.2 Å². The molecule has 0 spiro atoms. The van der Waals surface area contributed by atoms with E-state index in [4.69, 9.17) is 0 Å². The quantitative estimate of drug-likeness (QED) is 0.798. The SMILES string of the molecule is CC(C)(C)C1(C)C=CC=C(N2CCC(=O)NC2=O)C=N1. The molecular formula is C15H21N3O2. The Balaban J connectivity index is 2.23. The van der Waals surface area contributed by atoms with E-state index in [1.165, 1.54) is 0 Å². The highest BCUT2D eigenvalue weighted by molar-refractivity contribution is 6.00. The summed E-state index contributed by atoms with van der Waals surface area (Å²) in [7, 11) is 0. The summed E-state index contributed by atoms with van der Waals surface area (Å²) >= 11 is 0. The van der Waals surface area contributed by atoms with Gasteiger partial charge in [-0.05, 0) is 18.4 Å². The van der Waals surface area contributed by atoms with Crippen LogP contribution in [0.25, 0.3) is 0 Å². The van der Waals surface area contributed by atoms with Crippen molar-refractivity contribution in [3.63, 3.8) is 0 Å². The second kappa shape index (κ2) is 4.89. The van der Waals surface area contributed by atoms with Gasteiger partial charge in [0.2, 0.25) is 5.91 Å². The molecular weight excluding hydrogens is 254 g/mol. The van der Waals surface area contributed by atoms with E-state index < -0.39 is 0 Å². The second-order valence-electron chi connectivity index (χ2n) is 6.36. The maximum Gasteiger partial charge on any atom is 0.328 e. The first-order chi connectivity index (χ1) is 9.23. The van der Waals surface area contributed by atoms with Crippen LogP contribution in [0.1, 0.15) is 34.1 Å². The van der Waals surface area contributed by atoms with E-state index in [0.717, 1.165) is 0 Å². The van der Waals surface area contributed by atoms with Crippen LogP contribution in [0.2, 0.25) is 0 Å². The number of urea groups is 1. The number of hydrogen-bond acceptors (Lipinski definition) is 3. The molecule has 2 heterocycles. The van der Waals surface area contributed by atoms with E-state index in [1.54, 1.807) is 11.1 Å². The van der Waals surface area contributed by atoms with Crippen LogP contribution in [0.3, 0.4) is 0 Å². The predicted octanol–water partition coefficient (Wildman–Crippen LogP) is 2.26. The molecule has 20 heavy (non-hydrogen) atoms. The molecule has 3 amide bonds. The first-order valence-electron chi connectivity index (χ1n) is 6.79. The van der Waals surface area contributed by atoms with Crippen molar-refractivity contribution < 1.29 is 9.59 Å². The van der Waals surface area contributed by atoms with E-state index in [-0.39, 0.29) is 22.9 Å². The minimum atomic E-state index is -0.383. The minimum Gasteiger partial charge on any atom is -0.292 e. The van der Waals surface area contributed by atoms with Crippen molar-refractivity contribution in [3.05, 3.63) is 23.9 Å². The zero-order chi connectivity index (χ0) is 15.0. The number of hydrogen-bond donors (Lipinski definition) is 1. The molecule has 0 aliphatic carbocycles. The summed E-state index contributed by atoms with van der Waals surface area (Å²) in [5.74, 6) is -0.229. The number of amides is 3. The van der Waals surface area contributed by atoms with Gasteiger partial charge in [-0.25, -0.2) is 4.79 Å². The molecule has 108 valence electrons. The fourth-order valence-corrected chi connectivity index (χ4v) is 2.03. The van der Waals surface area contributed by atoms with Crippen LogP contribution in [0.5, 0.6) is 0 Å². The molecule has 5 heteroatoms. The van der Waals surface area contributed by atoms with Crippen LogP contribution in [0.4, 0.5) is 4.79 Å². The van der Waals surface area contributed by atoms with Crippen molar-refractivity contribution in [2.24, 2.45) is 10.4 Å². The summed E-state index contributed by atoms with van der Waals surface area (Å²) in [6.45, 7) is 8.85. The summed E-state index contributed by atoms with van der Waals surface area (Å²) in [4.78, 5) is 29.2. The van der Waals surface area contributed by atoms with Gasteiger partial charge in [-0.3, -0.25) is 20.0 Å². The Bertz CT molecular complexity index is 526. The number of allylic oxidation sites excluding steroid dienone is 3. The molecule has 0 aromatic carbocycles. The van der Waals surface area contributed by atoms with Gasteiger partial charge < -0.3 is 0 Å². The lowest BCUT2D eigenvalue weighted by molar-refractivity contribution is -0.121. The Morgan fingerprint density at radius 2 is 2.05 bits per heavy atom. The van der Waals surface area contributed by atoms with E-state index in [1.807, 2.05) is 18.2 Å². The van der Waals surface area contributed by atoms with Crippen LogP contribution in [-0.2, 0) is 4.79 Å². The molecule has 2 aliphatic rings. The summed E-state index contributed by atoms with van der Waals surface area (Å²) in [5.41, 5.74) is 0.357. The van der Waals surface area contributed by atoms with E-state index in [9.17, 15) is 9.59 Å². The normalized spacial score (nSPS) is 27.2. The lowest BCUT2D eigenvalue weighted by Gasteiger charge is -2.35. The molecule has 2 aliphatic heterocycles. The second-order valence-corrected chi connectivity index (χ2v) is 6.36. The number of nitrogens with zero attached hydrogens (tertiary/aromatic N) is 2. The summed E-state index contributed by atoms with van der Waals surface area (Å²) < 4.78 is 0. The molecule has 1 atom stereocenters. The van der Waals surface area contributed by atoms with Gasteiger partial charge >= 0.3 is 6.03 Å². The largest absolute Gasteiger partial charge is 0.328 e. The Labute approximate surface area is 119 Å². The first kappa shape index (κ1) is 14.5. The zero-order valence-electron chi connectivity index (χ0n) is 12.4. The standard InChI is InChI=1S/C15H21N3O2/c1-14(2,3)15(4)8-5-6-11(10-16-15)18-9-7-12(19)17-13(18)20/h5-6,8,10H,7,9H2,1-4H3,(H,17,19,20). The van der Waals surface area contributed by atoms with Gasteiger partial charge in [0.15, 0.2) is 0 Å². The number of imide groups is 1. The minimum absolute atomic E-state index is 0.0244. The number of aliphatic imine (C=N–C) groups is 1. The molecule has 0 bridgehead atoms. The van der Waals surface area contributed by atoms with Gasteiger partial charge in [-0.1, -0.05) is 32.9 Å². The lowest BCUT2D eigenvalue weighted by Crippen LogP contribution is -2.49. The lowest BCUT2D eigenvalue weighted by atomic mass is 9.75. The summed E-state index contributed by atoms with van der Waals surface area (Å²) in [5, 5.41) is 2.32. The van der Waals surface area contributed by atoms with E-state index in [0.29, 0.717) is 18.7 Å². The molecule has 0 saturated carbocycles. The smallest absolute Gasteiger partial charge is 0.292 e. The van der Waals surface area contributed by atoms with E-state index in [2.05, 4.69) is 38.0 Å². The molecule has 0 aromatic heterocycles. The van der Waals surface area contributed by atoms with Gasteiger partial charge in [0.1, 0.15) is 0 Å². The monoisotopic (exact) mass is 275 g/mol. The van der Waals surface area contributed by atoms with Crippen LogP contribution in [-0.4, -0.2) is 35.1 Å². The topological polar surface area (TPSA) is 61.8 Å². The molecule has 2 rings (SSSR count). The Morgan fingerprint density at radius 3 is 2.65 bits per heavy atom. The average Bonchev–Trinajstić information content (AvgIpc) is 2.52. The first-order valence-corrected chi connectivity index (χ1v) is 6.79. The average molecular weight is 275 g/mol. The molecule has 0 aromatic rings. The van der Waals surface area contributed by atoms with Gasteiger partial charge in [0.25, 0.3) is 0 Å². The van der Waals surface area contributed by atoms with Gasteiger partial charge in [-0.2, -0.15) is 0 Å². The molecule has 1 fully saturated rings. The van der Waals surface area contributed by atoms with Gasteiger partial charge in [0, 0.05) is 19.2 Å². The molecule has 1 N–H and O–H groups in total. The predicted molar refractivity (Wildman–Crippen MR) is 78.4 cm³/mol. The zero-order valence-corrected chi connectivity index (χ0v) is 12.4. The summed E-state index contributed by atoms with van der Waals surface area (Å²) in [6.07, 6.45) is 7.87. The highest BCUT2D eigenvalue weighted by atomic mass is 16.2. The molecule has 0 radical (unpaired) electrons. The third-order valence-electron chi connectivity index (χ3n) is 4.04. The molecule has 5 nitrogen and oxygen atoms in total. The fourth-order valence-electron chi connectivity index (χ4n) is 2.03. The Kier molecular flexibility index (Phi) is 3.54. The third-order valence-corrected chi connectivity index (χ3v) is 4.04. The van der Waals surface area contributed by atoms with Crippen molar-refractivity contribution in [2.75, 3.05) is 6.54 Å². The fraction of sp³-hybridized carbons (Fsp3) is 0.533. The van der Waals surface area contributed by atoms with Crippen LogP contribution in [0.15, 0.2) is 28.9 Å². The number of carbonyl (C=O) groups excluding carboxylic acids is 2. The van der Waals surface area contributed by atoms with Crippen molar-refractivity contribution in [1.82, 2.24) is 10.2 Å². The van der Waals surface area contributed by atoms with E-state index >= 15 is 0 Å².